The van der Waals surface area contributed by atoms with Gasteiger partial charge in [0.2, 0.25) is 0 Å². The van der Waals surface area contributed by atoms with Crippen LogP contribution in [0.2, 0.25) is 5.02 Å². The van der Waals surface area contributed by atoms with E-state index in [4.69, 9.17) is 21.1 Å². The molecular formula is C19H20ClNO4. The minimum Gasteiger partial charge on any atom is -0.484 e. The predicted molar refractivity (Wildman–Crippen MR) is 96.3 cm³/mol. The second kappa shape index (κ2) is 9.20. The maximum atomic E-state index is 12.4. The van der Waals surface area contributed by atoms with Crippen LogP contribution in [0.25, 0.3) is 0 Å². The molecule has 25 heavy (non-hydrogen) atoms. The van der Waals surface area contributed by atoms with Crippen molar-refractivity contribution in [3.8, 4) is 5.75 Å². The SMILES string of the molecule is COCC(C)NC(=O)COc1ccc(C(=O)c2ccc(Cl)cc2)cc1. The molecule has 0 saturated heterocycles. The van der Waals surface area contributed by atoms with Crippen molar-refractivity contribution in [1.29, 1.82) is 0 Å². The molecule has 0 heterocycles. The number of benzene rings is 2. The molecule has 2 aromatic rings. The lowest BCUT2D eigenvalue weighted by molar-refractivity contribution is -0.124. The Bertz CT molecular complexity index is 713. The van der Waals surface area contributed by atoms with Gasteiger partial charge < -0.3 is 14.8 Å². The average molecular weight is 362 g/mol. The van der Waals surface area contributed by atoms with Crippen molar-refractivity contribution in [3.63, 3.8) is 0 Å². The van der Waals surface area contributed by atoms with Gasteiger partial charge in [-0.05, 0) is 55.5 Å². The molecule has 0 aliphatic carbocycles. The summed E-state index contributed by atoms with van der Waals surface area (Å²) in [5.74, 6) is 0.183. The quantitative estimate of drug-likeness (QED) is 0.734. The van der Waals surface area contributed by atoms with E-state index in [1.54, 1.807) is 55.6 Å². The van der Waals surface area contributed by atoms with Gasteiger partial charge in [0.05, 0.1) is 6.61 Å². The molecule has 6 heteroatoms. The second-order valence-electron chi connectivity index (χ2n) is 5.57. The molecule has 0 radical (unpaired) electrons. The van der Waals surface area contributed by atoms with E-state index in [9.17, 15) is 9.59 Å². The standard InChI is InChI=1S/C19H20ClNO4/c1-13(11-24-2)21-18(22)12-25-17-9-5-15(6-10-17)19(23)14-3-7-16(20)8-4-14/h3-10,13H,11-12H2,1-2H3,(H,21,22). The van der Waals surface area contributed by atoms with Gasteiger partial charge in [0.25, 0.3) is 5.91 Å². The Morgan fingerprint density at radius 3 is 2.16 bits per heavy atom. The zero-order chi connectivity index (χ0) is 18.2. The number of amides is 1. The molecular weight excluding hydrogens is 342 g/mol. The Kier molecular flexibility index (Phi) is 6.98. The largest absolute Gasteiger partial charge is 0.484 e. The number of nitrogens with one attached hydrogen (secondary N) is 1. The number of ketones is 1. The van der Waals surface area contributed by atoms with Crippen LogP contribution < -0.4 is 10.1 Å². The summed E-state index contributed by atoms with van der Waals surface area (Å²) in [6.45, 7) is 2.18. The van der Waals surface area contributed by atoms with Crippen molar-refractivity contribution in [2.24, 2.45) is 0 Å². The number of carbonyl (C=O) groups excluding carboxylic acids is 2. The van der Waals surface area contributed by atoms with E-state index in [0.717, 1.165) is 0 Å². The van der Waals surface area contributed by atoms with Crippen LogP contribution in [0.1, 0.15) is 22.8 Å². The molecule has 0 aliphatic rings. The molecule has 0 spiro atoms. The van der Waals surface area contributed by atoms with Crippen LogP contribution in [0, 0.1) is 0 Å². The highest BCUT2D eigenvalue weighted by molar-refractivity contribution is 6.30. The monoisotopic (exact) mass is 361 g/mol. The highest BCUT2D eigenvalue weighted by atomic mass is 35.5. The smallest absolute Gasteiger partial charge is 0.258 e. The zero-order valence-corrected chi connectivity index (χ0v) is 14.9. The maximum absolute atomic E-state index is 12.4. The number of carbonyl (C=O) groups is 2. The van der Waals surface area contributed by atoms with E-state index in [2.05, 4.69) is 5.32 Å². The molecule has 1 atom stereocenters. The van der Waals surface area contributed by atoms with Crippen molar-refractivity contribution >= 4 is 23.3 Å². The van der Waals surface area contributed by atoms with Gasteiger partial charge in [-0.2, -0.15) is 0 Å². The van der Waals surface area contributed by atoms with Gasteiger partial charge >= 0.3 is 0 Å². The molecule has 1 unspecified atom stereocenters. The molecule has 0 aliphatic heterocycles. The number of methoxy groups -OCH3 is 1. The van der Waals surface area contributed by atoms with Crippen LogP contribution in [0.4, 0.5) is 0 Å². The third-order valence-corrected chi connectivity index (χ3v) is 3.67. The Labute approximate surface area is 151 Å². The van der Waals surface area contributed by atoms with Crippen LogP contribution in [-0.2, 0) is 9.53 Å². The molecule has 0 aromatic heterocycles. The summed E-state index contributed by atoms with van der Waals surface area (Å²) in [5, 5.41) is 3.33. The van der Waals surface area contributed by atoms with Gasteiger partial charge in [0, 0.05) is 29.3 Å². The first-order valence-corrected chi connectivity index (χ1v) is 8.19. The fourth-order valence-corrected chi connectivity index (χ4v) is 2.35. The normalized spacial score (nSPS) is 11.6. The number of ether oxygens (including phenoxy) is 2. The fourth-order valence-electron chi connectivity index (χ4n) is 2.23. The lowest BCUT2D eigenvalue weighted by Crippen LogP contribution is -2.38. The Morgan fingerprint density at radius 2 is 1.60 bits per heavy atom. The van der Waals surface area contributed by atoms with E-state index in [1.165, 1.54) is 0 Å². The third kappa shape index (κ3) is 5.89. The second-order valence-corrected chi connectivity index (χ2v) is 6.01. The molecule has 2 aromatic carbocycles. The minimum absolute atomic E-state index is 0.0829. The number of halogens is 1. The van der Waals surface area contributed by atoms with E-state index >= 15 is 0 Å². The third-order valence-electron chi connectivity index (χ3n) is 3.42. The first-order chi connectivity index (χ1) is 12.0. The summed E-state index contributed by atoms with van der Waals surface area (Å²) >= 11 is 5.82. The lowest BCUT2D eigenvalue weighted by atomic mass is 10.0. The Hall–Kier alpha value is -2.37. The maximum Gasteiger partial charge on any atom is 0.258 e. The van der Waals surface area contributed by atoms with Crippen LogP contribution in [0.3, 0.4) is 0 Å². The average Bonchev–Trinajstić information content (AvgIpc) is 2.60. The van der Waals surface area contributed by atoms with Crippen LogP contribution >= 0.6 is 11.6 Å². The number of hydrogen-bond donors (Lipinski definition) is 1. The summed E-state index contributed by atoms with van der Waals surface area (Å²) in [5.41, 5.74) is 1.09. The van der Waals surface area contributed by atoms with E-state index in [1.807, 2.05) is 6.92 Å². The first kappa shape index (κ1) is 19.0. The van der Waals surface area contributed by atoms with Crippen molar-refractivity contribution in [2.75, 3.05) is 20.3 Å². The topological polar surface area (TPSA) is 64.6 Å². The van der Waals surface area contributed by atoms with Crippen LogP contribution in [0.5, 0.6) is 5.75 Å². The molecule has 0 saturated carbocycles. The lowest BCUT2D eigenvalue weighted by Gasteiger charge is -2.13. The highest BCUT2D eigenvalue weighted by Gasteiger charge is 2.10. The van der Waals surface area contributed by atoms with Crippen molar-refractivity contribution < 1.29 is 19.1 Å². The fraction of sp³-hybridized carbons (Fsp3) is 0.263. The molecule has 2 rings (SSSR count). The molecule has 1 N–H and O–H groups in total. The van der Waals surface area contributed by atoms with E-state index in [-0.39, 0.29) is 24.3 Å². The summed E-state index contributed by atoms with van der Waals surface area (Å²) in [6.07, 6.45) is 0. The molecule has 132 valence electrons. The van der Waals surface area contributed by atoms with E-state index < -0.39 is 0 Å². The molecule has 5 nitrogen and oxygen atoms in total. The van der Waals surface area contributed by atoms with Gasteiger partial charge in [-0.1, -0.05) is 11.6 Å². The van der Waals surface area contributed by atoms with Crippen LogP contribution in [-0.4, -0.2) is 38.1 Å². The Morgan fingerprint density at radius 1 is 1.04 bits per heavy atom. The van der Waals surface area contributed by atoms with Crippen molar-refractivity contribution in [2.45, 2.75) is 13.0 Å². The summed E-state index contributed by atoms with van der Waals surface area (Å²) < 4.78 is 10.4. The minimum atomic E-state index is -0.231. The first-order valence-electron chi connectivity index (χ1n) is 7.81. The molecule has 0 bridgehead atoms. The number of rotatable bonds is 8. The molecule has 0 fully saturated rings. The highest BCUT2D eigenvalue weighted by Crippen LogP contribution is 2.17. The van der Waals surface area contributed by atoms with Crippen molar-refractivity contribution in [1.82, 2.24) is 5.32 Å². The van der Waals surface area contributed by atoms with Crippen LogP contribution in [0.15, 0.2) is 48.5 Å². The number of hydrogen-bond acceptors (Lipinski definition) is 4. The van der Waals surface area contributed by atoms with Gasteiger partial charge in [-0.3, -0.25) is 9.59 Å². The zero-order valence-electron chi connectivity index (χ0n) is 14.1. The molecule has 1 amide bonds. The summed E-state index contributed by atoms with van der Waals surface area (Å²) in [7, 11) is 1.58. The van der Waals surface area contributed by atoms with E-state index in [0.29, 0.717) is 28.5 Å². The predicted octanol–water partition coefficient (Wildman–Crippen LogP) is 3.10. The summed E-state index contributed by atoms with van der Waals surface area (Å²) in [6, 6.07) is 13.3. The Balaban J connectivity index is 1.90. The van der Waals surface area contributed by atoms with Gasteiger partial charge in [0.1, 0.15) is 5.75 Å². The van der Waals surface area contributed by atoms with Gasteiger partial charge in [-0.15, -0.1) is 0 Å². The van der Waals surface area contributed by atoms with Gasteiger partial charge in [-0.25, -0.2) is 0 Å². The van der Waals surface area contributed by atoms with Gasteiger partial charge in [0.15, 0.2) is 12.4 Å². The van der Waals surface area contributed by atoms with Crippen molar-refractivity contribution in [3.05, 3.63) is 64.7 Å². The summed E-state index contributed by atoms with van der Waals surface area (Å²) in [4.78, 5) is 24.1.